The zero-order chi connectivity index (χ0) is 16.3. The molecule has 1 aliphatic rings. The van der Waals surface area contributed by atoms with E-state index in [1.165, 1.54) is 12.1 Å². The Bertz CT molecular complexity index is 510. The highest BCUT2D eigenvalue weighted by molar-refractivity contribution is 5.69. The van der Waals surface area contributed by atoms with Crippen LogP contribution in [0.1, 0.15) is 34.1 Å². The van der Waals surface area contributed by atoms with Gasteiger partial charge in [-0.05, 0) is 57.4 Å². The van der Waals surface area contributed by atoms with Gasteiger partial charge in [0.15, 0.2) is 0 Å². The second kappa shape index (κ2) is 6.55. The first-order valence-corrected chi connectivity index (χ1v) is 7.62. The van der Waals surface area contributed by atoms with Gasteiger partial charge in [-0.3, -0.25) is 0 Å². The minimum atomic E-state index is -0.509. The Hall–Kier alpha value is -1.78. The molecule has 22 heavy (non-hydrogen) atoms. The lowest BCUT2D eigenvalue weighted by molar-refractivity contribution is 0.0184. The van der Waals surface area contributed by atoms with Crippen LogP contribution in [0.25, 0.3) is 0 Å². The van der Waals surface area contributed by atoms with Crippen LogP contribution in [-0.4, -0.2) is 35.8 Å². The molecule has 0 aromatic heterocycles. The van der Waals surface area contributed by atoms with Crippen LogP contribution in [0.5, 0.6) is 5.75 Å². The minimum absolute atomic E-state index is 0.0186. The van der Waals surface area contributed by atoms with Gasteiger partial charge >= 0.3 is 6.09 Å². The predicted octanol–water partition coefficient (Wildman–Crippen LogP) is 3.85. The van der Waals surface area contributed by atoms with Crippen LogP contribution in [0.3, 0.4) is 0 Å². The highest BCUT2D eigenvalue weighted by atomic mass is 19.1. The SMILES string of the molecule is CC1C[C@H](COc2ccc(F)cc2)N(C(=O)OC(C)(C)C)C1. The molecule has 1 aliphatic heterocycles. The first kappa shape index (κ1) is 16.6. The molecule has 2 atom stereocenters. The van der Waals surface area contributed by atoms with Crippen molar-refractivity contribution in [3.63, 3.8) is 0 Å². The van der Waals surface area contributed by atoms with E-state index >= 15 is 0 Å². The number of carbonyl (C=O) groups is 1. The van der Waals surface area contributed by atoms with E-state index in [2.05, 4.69) is 6.92 Å². The van der Waals surface area contributed by atoms with E-state index in [0.29, 0.717) is 24.8 Å². The number of halogens is 1. The Kier molecular flexibility index (Phi) is 4.94. The third-order valence-corrected chi connectivity index (χ3v) is 3.51. The van der Waals surface area contributed by atoms with E-state index in [0.717, 1.165) is 6.42 Å². The van der Waals surface area contributed by atoms with Crippen LogP contribution >= 0.6 is 0 Å². The number of nitrogens with zero attached hydrogens (tertiary/aromatic N) is 1. The van der Waals surface area contributed by atoms with Gasteiger partial charge in [-0.1, -0.05) is 6.92 Å². The van der Waals surface area contributed by atoms with E-state index in [-0.39, 0.29) is 18.0 Å². The molecular weight excluding hydrogens is 285 g/mol. The Balaban J connectivity index is 1.95. The average Bonchev–Trinajstić information content (AvgIpc) is 2.77. The molecule has 0 N–H and O–H groups in total. The summed E-state index contributed by atoms with van der Waals surface area (Å²) in [5.41, 5.74) is -0.509. The Morgan fingerprint density at radius 1 is 1.32 bits per heavy atom. The monoisotopic (exact) mass is 309 g/mol. The van der Waals surface area contributed by atoms with Crippen LogP contribution in [0.4, 0.5) is 9.18 Å². The first-order chi connectivity index (χ1) is 10.2. The standard InChI is InChI=1S/C17H24FNO3/c1-12-9-14(11-21-15-7-5-13(18)6-8-15)19(10-12)16(20)22-17(2,3)4/h5-8,12,14H,9-11H2,1-4H3/t12?,14-/m1/s1. The molecule has 1 fully saturated rings. The van der Waals surface area contributed by atoms with E-state index in [1.807, 2.05) is 20.8 Å². The average molecular weight is 309 g/mol. The first-order valence-electron chi connectivity index (χ1n) is 7.62. The number of hydrogen-bond donors (Lipinski definition) is 0. The van der Waals surface area contributed by atoms with Crippen LogP contribution in [0, 0.1) is 11.7 Å². The zero-order valence-electron chi connectivity index (χ0n) is 13.6. The molecule has 1 saturated heterocycles. The maximum Gasteiger partial charge on any atom is 0.410 e. The fourth-order valence-electron chi connectivity index (χ4n) is 2.58. The van der Waals surface area contributed by atoms with Crippen molar-refractivity contribution in [1.29, 1.82) is 0 Å². The molecule has 5 heteroatoms. The summed E-state index contributed by atoms with van der Waals surface area (Å²) < 4.78 is 24.0. The van der Waals surface area contributed by atoms with Crippen molar-refractivity contribution in [3.8, 4) is 5.75 Å². The number of benzene rings is 1. The third kappa shape index (κ3) is 4.61. The molecule has 0 aliphatic carbocycles. The summed E-state index contributed by atoms with van der Waals surface area (Å²) in [4.78, 5) is 14.0. The van der Waals surface area contributed by atoms with Crippen molar-refractivity contribution in [2.24, 2.45) is 5.92 Å². The summed E-state index contributed by atoms with van der Waals surface area (Å²) in [7, 11) is 0. The van der Waals surface area contributed by atoms with Crippen molar-refractivity contribution >= 4 is 6.09 Å². The van der Waals surface area contributed by atoms with Crippen molar-refractivity contribution < 1.29 is 18.7 Å². The zero-order valence-corrected chi connectivity index (χ0v) is 13.6. The fourth-order valence-corrected chi connectivity index (χ4v) is 2.58. The van der Waals surface area contributed by atoms with Gasteiger partial charge in [0.1, 0.15) is 23.8 Å². The summed E-state index contributed by atoms with van der Waals surface area (Å²) in [6.45, 7) is 8.73. The largest absolute Gasteiger partial charge is 0.491 e. The number of rotatable bonds is 3. The second-order valence-electron chi connectivity index (χ2n) is 6.89. The molecule has 1 amide bonds. The molecule has 0 bridgehead atoms. The quantitative estimate of drug-likeness (QED) is 0.851. The molecule has 2 rings (SSSR count). The van der Waals surface area contributed by atoms with Gasteiger partial charge in [-0.25, -0.2) is 9.18 Å². The molecule has 122 valence electrons. The number of amides is 1. The predicted molar refractivity (Wildman–Crippen MR) is 82.4 cm³/mol. The number of hydrogen-bond acceptors (Lipinski definition) is 3. The molecular formula is C17H24FNO3. The number of likely N-dealkylation sites (tertiary alicyclic amines) is 1. The second-order valence-corrected chi connectivity index (χ2v) is 6.89. The lowest BCUT2D eigenvalue weighted by Gasteiger charge is -2.28. The molecule has 1 unspecified atom stereocenters. The van der Waals surface area contributed by atoms with Crippen LogP contribution < -0.4 is 4.74 Å². The fraction of sp³-hybridized carbons (Fsp3) is 0.588. The highest BCUT2D eigenvalue weighted by Crippen LogP contribution is 2.26. The highest BCUT2D eigenvalue weighted by Gasteiger charge is 2.36. The Labute approximate surface area is 131 Å². The maximum atomic E-state index is 12.9. The molecule has 1 aromatic carbocycles. The maximum absolute atomic E-state index is 12.9. The van der Waals surface area contributed by atoms with Gasteiger partial charge in [-0.2, -0.15) is 0 Å². The smallest absolute Gasteiger partial charge is 0.410 e. The Morgan fingerprint density at radius 3 is 2.55 bits per heavy atom. The lowest BCUT2D eigenvalue weighted by Crippen LogP contribution is -2.42. The van der Waals surface area contributed by atoms with Gasteiger partial charge in [0.05, 0.1) is 6.04 Å². The van der Waals surface area contributed by atoms with Crippen LogP contribution in [0.2, 0.25) is 0 Å². The molecule has 0 radical (unpaired) electrons. The number of carbonyl (C=O) groups excluding carboxylic acids is 1. The van der Waals surface area contributed by atoms with Gasteiger partial charge in [0, 0.05) is 6.54 Å². The summed E-state index contributed by atoms with van der Waals surface area (Å²) in [5, 5.41) is 0. The number of ether oxygens (including phenoxy) is 2. The third-order valence-electron chi connectivity index (χ3n) is 3.51. The summed E-state index contributed by atoms with van der Waals surface area (Å²) in [5.74, 6) is 0.719. The van der Waals surface area contributed by atoms with E-state index in [9.17, 15) is 9.18 Å². The van der Waals surface area contributed by atoms with Crippen molar-refractivity contribution in [2.45, 2.75) is 45.8 Å². The van der Waals surface area contributed by atoms with Gasteiger partial charge in [0.25, 0.3) is 0 Å². The summed E-state index contributed by atoms with van der Waals surface area (Å²) >= 11 is 0. The van der Waals surface area contributed by atoms with Crippen LogP contribution in [0.15, 0.2) is 24.3 Å². The minimum Gasteiger partial charge on any atom is -0.491 e. The molecule has 4 nitrogen and oxygen atoms in total. The van der Waals surface area contributed by atoms with Gasteiger partial charge in [0.2, 0.25) is 0 Å². The normalized spacial score (nSPS) is 21.8. The lowest BCUT2D eigenvalue weighted by atomic mass is 10.1. The van der Waals surface area contributed by atoms with Crippen molar-refractivity contribution in [2.75, 3.05) is 13.2 Å². The molecule has 1 aromatic rings. The van der Waals surface area contributed by atoms with E-state index < -0.39 is 5.60 Å². The van der Waals surface area contributed by atoms with Crippen molar-refractivity contribution in [3.05, 3.63) is 30.1 Å². The Morgan fingerprint density at radius 2 is 1.95 bits per heavy atom. The molecule has 1 heterocycles. The topological polar surface area (TPSA) is 38.8 Å². The van der Waals surface area contributed by atoms with Gasteiger partial charge in [-0.15, -0.1) is 0 Å². The van der Waals surface area contributed by atoms with Crippen molar-refractivity contribution in [1.82, 2.24) is 4.90 Å². The van der Waals surface area contributed by atoms with Gasteiger partial charge < -0.3 is 14.4 Å². The van der Waals surface area contributed by atoms with E-state index in [1.54, 1.807) is 17.0 Å². The summed E-state index contributed by atoms with van der Waals surface area (Å²) in [6.07, 6.45) is 0.574. The molecule has 0 spiro atoms. The molecule has 0 saturated carbocycles. The van der Waals surface area contributed by atoms with Crippen LogP contribution in [-0.2, 0) is 4.74 Å². The van der Waals surface area contributed by atoms with E-state index in [4.69, 9.17) is 9.47 Å². The summed E-state index contributed by atoms with van der Waals surface area (Å²) in [6, 6.07) is 5.88.